The van der Waals surface area contributed by atoms with Gasteiger partial charge in [-0.05, 0) is 61.5 Å². The molecule has 0 bridgehead atoms. The van der Waals surface area contributed by atoms with Crippen LogP contribution in [0, 0.1) is 5.92 Å². The Morgan fingerprint density at radius 1 is 1.21 bits per heavy atom. The summed E-state index contributed by atoms with van der Waals surface area (Å²) in [6.45, 7) is 7.76. The van der Waals surface area contributed by atoms with E-state index in [0.29, 0.717) is 36.2 Å². The van der Waals surface area contributed by atoms with Crippen molar-refractivity contribution in [3.05, 3.63) is 21.9 Å². The SMILES string of the molecule is CC(C)N1CCN(C(=O)[C@H]2CC[C@H](NS(=O)(=O)c3cnc(Cl)c(Br)c3)CC2)CC1. The van der Waals surface area contributed by atoms with E-state index in [1.807, 2.05) is 4.90 Å². The van der Waals surface area contributed by atoms with Crippen molar-refractivity contribution in [1.82, 2.24) is 19.5 Å². The molecule has 1 saturated heterocycles. The monoisotopic (exact) mass is 506 g/mol. The molecule has 1 amide bonds. The van der Waals surface area contributed by atoms with Gasteiger partial charge in [0.05, 0.1) is 4.47 Å². The van der Waals surface area contributed by atoms with E-state index in [9.17, 15) is 13.2 Å². The molecule has 0 aromatic carbocycles. The van der Waals surface area contributed by atoms with Crippen LogP contribution in [-0.2, 0) is 14.8 Å². The number of hydrogen-bond acceptors (Lipinski definition) is 5. The second kappa shape index (κ2) is 9.60. The number of carbonyl (C=O) groups excluding carboxylic acids is 1. The summed E-state index contributed by atoms with van der Waals surface area (Å²) in [5.41, 5.74) is 0. The molecule has 1 aliphatic heterocycles. The maximum Gasteiger partial charge on any atom is 0.242 e. The quantitative estimate of drug-likeness (QED) is 0.620. The molecular formula is C19H28BrClN4O3S. The van der Waals surface area contributed by atoms with Gasteiger partial charge in [0.15, 0.2) is 0 Å². The Balaban J connectivity index is 1.51. The van der Waals surface area contributed by atoms with Gasteiger partial charge in [-0.3, -0.25) is 9.69 Å². The van der Waals surface area contributed by atoms with Crippen LogP contribution < -0.4 is 4.72 Å². The fraction of sp³-hybridized carbons (Fsp3) is 0.684. The van der Waals surface area contributed by atoms with Crippen molar-refractivity contribution in [2.24, 2.45) is 5.92 Å². The average Bonchev–Trinajstić information content (AvgIpc) is 2.70. The molecule has 0 unspecified atom stereocenters. The Hall–Kier alpha value is -0.740. The summed E-state index contributed by atoms with van der Waals surface area (Å²) in [6, 6.07) is 1.78. The predicted molar refractivity (Wildman–Crippen MR) is 116 cm³/mol. The molecule has 1 saturated carbocycles. The zero-order valence-corrected chi connectivity index (χ0v) is 19.9. The zero-order valence-electron chi connectivity index (χ0n) is 16.8. The number of hydrogen-bond donors (Lipinski definition) is 1. The lowest BCUT2D eigenvalue weighted by atomic mass is 9.85. The summed E-state index contributed by atoms with van der Waals surface area (Å²) in [4.78, 5) is 21.2. The van der Waals surface area contributed by atoms with Crippen molar-refractivity contribution in [2.75, 3.05) is 26.2 Å². The Kier molecular flexibility index (Phi) is 7.59. The van der Waals surface area contributed by atoms with E-state index in [2.05, 4.69) is 44.4 Å². The van der Waals surface area contributed by atoms with Crippen LogP contribution >= 0.6 is 27.5 Å². The van der Waals surface area contributed by atoms with Gasteiger partial charge in [-0.15, -0.1) is 0 Å². The Morgan fingerprint density at radius 3 is 2.38 bits per heavy atom. The first-order chi connectivity index (χ1) is 13.7. The second-order valence-corrected chi connectivity index (χ2v) is 11.0. The van der Waals surface area contributed by atoms with E-state index >= 15 is 0 Å². The molecule has 29 heavy (non-hydrogen) atoms. The molecule has 0 spiro atoms. The van der Waals surface area contributed by atoms with E-state index in [4.69, 9.17) is 11.6 Å². The van der Waals surface area contributed by atoms with Crippen LogP contribution in [0.5, 0.6) is 0 Å². The van der Waals surface area contributed by atoms with E-state index in [1.54, 1.807) is 0 Å². The summed E-state index contributed by atoms with van der Waals surface area (Å²) in [5.74, 6) is 0.216. The minimum Gasteiger partial charge on any atom is -0.340 e. The third-order valence-corrected chi connectivity index (χ3v) is 8.46. The predicted octanol–water partition coefficient (Wildman–Crippen LogP) is 2.89. The molecule has 1 aromatic rings. The summed E-state index contributed by atoms with van der Waals surface area (Å²) in [6.07, 6.45) is 3.98. The van der Waals surface area contributed by atoms with Crippen molar-refractivity contribution < 1.29 is 13.2 Å². The first-order valence-corrected chi connectivity index (χ1v) is 12.7. The number of rotatable bonds is 5. The molecule has 2 heterocycles. The number of pyridine rings is 1. The fourth-order valence-electron chi connectivity index (χ4n) is 4.01. The van der Waals surface area contributed by atoms with Crippen LogP contribution in [0.25, 0.3) is 0 Å². The molecule has 1 aliphatic carbocycles. The smallest absolute Gasteiger partial charge is 0.242 e. The third-order valence-electron chi connectivity index (χ3n) is 5.84. The topological polar surface area (TPSA) is 82.6 Å². The molecule has 10 heteroatoms. The van der Waals surface area contributed by atoms with E-state index in [0.717, 1.165) is 26.2 Å². The molecule has 0 atom stereocenters. The number of nitrogens with one attached hydrogen (secondary N) is 1. The minimum absolute atomic E-state index is 0.00676. The number of aromatic nitrogens is 1. The second-order valence-electron chi connectivity index (χ2n) is 8.07. The summed E-state index contributed by atoms with van der Waals surface area (Å²) in [5, 5.41) is 0.220. The summed E-state index contributed by atoms with van der Waals surface area (Å²) >= 11 is 9.05. The van der Waals surface area contributed by atoms with Crippen molar-refractivity contribution in [2.45, 2.75) is 56.5 Å². The molecule has 2 aliphatic rings. The molecule has 7 nitrogen and oxygen atoms in total. The van der Waals surface area contributed by atoms with Gasteiger partial charge in [0.2, 0.25) is 15.9 Å². The van der Waals surface area contributed by atoms with E-state index in [-0.39, 0.29) is 27.9 Å². The molecule has 0 radical (unpaired) electrons. The van der Waals surface area contributed by atoms with Gasteiger partial charge in [0, 0.05) is 50.4 Å². The Morgan fingerprint density at radius 2 is 1.83 bits per heavy atom. The van der Waals surface area contributed by atoms with Gasteiger partial charge in [-0.1, -0.05) is 11.6 Å². The van der Waals surface area contributed by atoms with Crippen molar-refractivity contribution in [1.29, 1.82) is 0 Å². The van der Waals surface area contributed by atoms with Crippen LogP contribution in [0.3, 0.4) is 0 Å². The highest BCUT2D eigenvalue weighted by atomic mass is 79.9. The lowest BCUT2D eigenvalue weighted by Crippen LogP contribution is -2.52. The number of sulfonamides is 1. The van der Waals surface area contributed by atoms with Crippen LogP contribution in [0.4, 0.5) is 0 Å². The molecule has 162 valence electrons. The first kappa shape index (κ1) is 22.9. The van der Waals surface area contributed by atoms with Crippen molar-refractivity contribution in [3.8, 4) is 0 Å². The zero-order chi connectivity index (χ0) is 21.2. The van der Waals surface area contributed by atoms with Crippen LogP contribution in [0.1, 0.15) is 39.5 Å². The van der Waals surface area contributed by atoms with Gasteiger partial charge in [-0.25, -0.2) is 18.1 Å². The fourth-order valence-corrected chi connectivity index (χ4v) is 5.89. The number of amides is 1. The molecule has 1 N–H and O–H groups in total. The van der Waals surface area contributed by atoms with Crippen LogP contribution in [0.15, 0.2) is 21.6 Å². The van der Waals surface area contributed by atoms with E-state index in [1.165, 1.54) is 12.3 Å². The number of carbonyl (C=O) groups is 1. The van der Waals surface area contributed by atoms with Gasteiger partial charge in [0.1, 0.15) is 10.0 Å². The first-order valence-electron chi connectivity index (χ1n) is 10.0. The van der Waals surface area contributed by atoms with Crippen LogP contribution in [-0.4, -0.2) is 67.4 Å². The summed E-state index contributed by atoms with van der Waals surface area (Å²) in [7, 11) is -3.67. The highest BCUT2D eigenvalue weighted by Crippen LogP contribution is 2.28. The standard InChI is InChI=1S/C19H28BrClN4O3S/c1-13(2)24-7-9-25(10-8-24)19(26)14-3-5-15(6-4-14)23-29(27,28)16-11-17(20)18(21)22-12-16/h11-15,23H,3-10H2,1-2H3/t14-,15-. The lowest BCUT2D eigenvalue weighted by molar-refractivity contribution is -0.138. The maximum atomic E-state index is 12.9. The van der Waals surface area contributed by atoms with Crippen LogP contribution in [0.2, 0.25) is 5.15 Å². The summed E-state index contributed by atoms with van der Waals surface area (Å²) < 4.78 is 28.4. The average molecular weight is 508 g/mol. The van der Waals surface area contributed by atoms with Crippen molar-refractivity contribution in [3.63, 3.8) is 0 Å². The Labute approximate surface area is 186 Å². The number of halogens is 2. The molecule has 1 aromatic heterocycles. The third kappa shape index (κ3) is 5.70. The lowest BCUT2D eigenvalue weighted by Gasteiger charge is -2.39. The van der Waals surface area contributed by atoms with Gasteiger partial charge < -0.3 is 4.90 Å². The molecular weight excluding hydrogens is 480 g/mol. The van der Waals surface area contributed by atoms with E-state index < -0.39 is 10.0 Å². The Bertz CT molecular complexity index is 836. The number of piperazine rings is 1. The maximum absolute atomic E-state index is 12.9. The highest BCUT2D eigenvalue weighted by Gasteiger charge is 2.33. The largest absolute Gasteiger partial charge is 0.340 e. The van der Waals surface area contributed by atoms with Crippen molar-refractivity contribution >= 4 is 43.5 Å². The number of nitrogens with zero attached hydrogens (tertiary/aromatic N) is 3. The highest BCUT2D eigenvalue weighted by molar-refractivity contribution is 9.10. The normalized spacial score (nSPS) is 24.1. The van der Waals surface area contributed by atoms with Gasteiger partial charge in [0.25, 0.3) is 0 Å². The molecule has 3 rings (SSSR count). The van der Waals surface area contributed by atoms with Gasteiger partial charge in [-0.2, -0.15) is 0 Å². The molecule has 2 fully saturated rings. The van der Waals surface area contributed by atoms with Gasteiger partial charge >= 0.3 is 0 Å². The minimum atomic E-state index is -3.67.